The molecule has 56 heavy (non-hydrogen) atoms. The van der Waals surface area contributed by atoms with Gasteiger partial charge < -0.3 is 37.9 Å². The van der Waals surface area contributed by atoms with E-state index >= 15 is 0 Å². The first kappa shape index (κ1) is 40.2. The molecule has 0 spiro atoms. The van der Waals surface area contributed by atoms with E-state index in [-0.39, 0.29) is 24.9 Å². The van der Waals surface area contributed by atoms with Crippen LogP contribution in [0.3, 0.4) is 0 Å². The fourth-order valence-corrected chi connectivity index (χ4v) is 8.98. The molecule has 0 bridgehead atoms. The van der Waals surface area contributed by atoms with Crippen molar-refractivity contribution in [1.82, 2.24) is 4.90 Å². The molecule has 0 fully saturated rings. The quantitative estimate of drug-likeness (QED) is 0.159. The van der Waals surface area contributed by atoms with E-state index in [1.807, 2.05) is 12.1 Å². The number of methoxy groups -OCH3 is 4. The van der Waals surface area contributed by atoms with Gasteiger partial charge >= 0.3 is 0 Å². The summed E-state index contributed by atoms with van der Waals surface area (Å²) in [6.45, 7) is 3.69. The lowest BCUT2D eigenvalue weighted by Crippen LogP contribution is -2.54. The molecular weight excluding hydrogens is 783 g/mol. The number of benzene rings is 4. The highest BCUT2D eigenvalue weighted by Crippen LogP contribution is 2.50. The van der Waals surface area contributed by atoms with Crippen LogP contribution in [0, 0.1) is 0 Å². The standard InChI is InChI=1S/C20H22NO5.C20H21NO4.CHCl3.CH4/c1-23-17-4-3-12-7-16-14-9-19-18(25-11-26-19)8-13(14)5-6-21(16,22)10-15(12)20(17)24-2;1-22-17-4-3-12-7-16-14-9-19-18(24-11-25-19)8-13(14)5-6-21(16)10-15(12)20(17)23-2;2-1(3)4;/h3-4,8-9,16,22H,5-7,10-11H2,1-2H3;3-4,8-9,16H,5-7,10-11H2,1-2H3;1H;1H4/q+1;;;. The SMILES string of the molecule is C.COc1ccc2c(c1OC)CN1CCc3cc4c(cc3C1C2)OCO4.COc1ccc2c(c1OC)C[N+]1(O)CCc3cc4c(cc3C1C2)OCO4.ClC(Cl)Cl. The van der Waals surface area contributed by atoms with Crippen molar-refractivity contribution >= 4 is 34.8 Å². The molecule has 3 atom stereocenters. The molecule has 6 heterocycles. The van der Waals surface area contributed by atoms with E-state index in [0.717, 1.165) is 90.1 Å². The van der Waals surface area contributed by atoms with Gasteiger partial charge in [0.25, 0.3) is 0 Å². The van der Waals surface area contributed by atoms with Crippen LogP contribution >= 0.6 is 34.8 Å². The van der Waals surface area contributed by atoms with Crippen LogP contribution in [0.25, 0.3) is 0 Å². The zero-order valence-corrected chi connectivity index (χ0v) is 33.4. The van der Waals surface area contributed by atoms with E-state index in [4.69, 9.17) is 72.7 Å². The van der Waals surface area contributed by atoms with Crippen molar-refractivity contribution in [1.29, 1.82) is 0 Å². The minimum absolute atomic E-state index is 0. The predicted molar refractivity (Wildman–Crippen MR) is 214 cm³/mol. The van der Waals surface area contributed by atoms with Crippen molar-refractivity contribution < 1.29 is 47.7 Å². The smallest absolute Gasteiger partial charge is 0.231 e. The summed E-state index contributed by atoms with van der Waals surface area (Å²) in [7, 11) is 6.70. The molecule has 4 aromatic rings. The maximum absolute atomic E-state index is 11.5. The van der Waals surface area contributed by atoms with E-state index in [9.17, 15) is 5.21 Å². The number of hydrogen-bond donors (Lipinski definition) is 1. The molecule has 0 aliphatic carbocycles. The molecule has 300 valence electrons. The largest absolute Gasteiger partial charge is 0.493 e. The maximum Gasteiger partial charge on any atom is 0.231 e. The molecule has 0 saturated carbocycles. The fourth-order valence-electron chi connectivity index (χ4n) is 8.98. The molecule has 6 aliphatic heterocycles. The molecule has 10 rings (SSSR count). The lowest BCUT2D eigenvalue weighted by atomic mass is 9.83. The summed E-state index contributed by atoms with van der Waals surface area (Å²) in [5.41, 5.74) is 9.97. The summed E-state index contributed by atoms with van der Waals surface area (Å²) in [5.74, 6) is 6.45. The first-order chi connectivity index (χ1) is 26.6. The Kier molecular flexibility index (Phi) is 11.8. The summed E-state index contributed by atoms with van der Waals surface area (Å²) in [4.78, 5) is 2.54. The van der Waals surface area contributed by atoms with E-state index in [2.05, 4.69) is 41.3 Å². The number of halogens is 3. The van der Waals surface area contributed by atoms with Gasteiger partial charge in [-0.15, -0.1) is 0 Å². The van der Waals surface area contributed by atoms with Crippen LogP contribution in [0.5, 0.6) is 46.0 Å². The lowest BCUT2D eigenvalue weighted by Gasteiger charge is -2.45. The number of fused-ring (bicyclic) bond motifs is 10. The van der Waals surface area contributed by atoms with E-state index in [1.165, 1.54) is 33.4 Å². The number of rotatable bonds is 4. The molecule has 6 aliphatic rings. The second kappa shape index (κ2) is 16.5. The van der Waals surface area contributed by atoms with Gasteiger partial charge in [0.2, 0.25) is 13.6 Å². The monoisotopic (exact) mass is 829 g/mol. The Morgan fingerprint density at radius 3 is 1.77 bits per heavy atom. The third-order valence-corrected chi connectivity index (χ3v) is 11.6. The van der Waals surface area contributed by atoms with Crippen LogP contribution in [0.2, 0.25) is 0 Å². The molecule has 0 radical (unpaired) electrons. The molecule has 14 heteroatoms. The van der Waals surface area contributed by atoms with Crippen LogP contribution in [0.4, 0.5) is 0 Å². The van der Waals surface area contributed by atoms with Crippen LogP contribution in [0.1, 0.15) is 64.0 Å². The third kappa shape index (κ3) is 7.34. The van der Waals surface area contributed by atoms with Gasteiger partial charge in [0.1, 0.15) is 19.1 Å². The van der Waals surface area contributed by atoms with Gasteiger partial charge in [-0.3, -0.25) is 4.90 Å². The summed E-state index contributed by atoms with van der Waals surface area (Å²) in [6, 6.07) is 17.1. The van der Waals surface area contributed by atoms with Crippen molar-refractivity contribution in [2.45, 2.75) is 62.6 Å². The Hall–Kier alpha value is -3.97. The van der Waals surface area contributed by atoms with Crippen LogP contribution in [-0.2, 0) is 38.8 Å². The molecule has 1 N–H and O–H groups in total. The van der Waals surface area contributed by atoms with Gasteiger partial charge in [0, 0.05) is 43.1 Å². The third-order valence-electron chi connectivity index (χ3n) is 11.6. The number of alkyl halides is 3. The molecule has 4 aromatic carbocycles. The number of ether oxygens (including phenoxy) is 8. The van der Waals surface area contributed by atoms with Crippen LogP contribution in [0.15, 0.2) is 48.5 Å². The zero-order valence-electron chi connectivity index (χ0n) is 31.2. The Morgan fingerprint density at radius 1 is 0.679 bits per heavy atom. The van der Waals surface area contributed by atoms with Gasteiger partial charge in [-0.25, -0.2) is 5.21 Å². The second-order valence-corrected chi connectivity index (χ2v) is 16.2. The summed E-state index contributed by atoms with van der Waals surface area (Å²) < 4.78 is 43.6. The summed E-state index contributed by atoms with van der Waals surface area (Å²) in [6.07, 6.45) is 3.56. The topological polar surface area (TPSA) is 97.3 Å². The van der Waals surface area contributed by atoms with Crippen molar-refractivity contribution in [3.63, 3.8) is 0 Å². The number of hydroxylamine groups is 3. The number of nitrogens with zero attached hydrogens (tertiary/aromatic N) is 2. The first-order valence-electron chi connectivity index (χ1n) is 18.2. The highest BCUT2D eigenvalue weighted by Gasteiger charge is 2.48. The molecular formula is C42H48Cl3N2O9+. The van der Waals surface area contributed by atoms with E-state index in [0.29, 0.717) is 31.7 Å². The normalized spacial score (nSPS) is 21.4. The average molecular weight is 831 g/mol. The summed E-state index contributed by atoms with van der Waals surface area (Å²) >= 11 is 14.4. The number of hydrogen-bond acceptors (Lipinski definition) is 10. The van der Waals surface area contributed by atoms with Crippen molar-refractivity contribution in [3.05, 3.63) is 93.0 Å². The highest BCUT2D eigenvalue weighted by atomic mass is 35.6. The predicted octanol–water partition coefficient (Wildman–Crippen LogP) is 8.70. The van der Waals surface area contributed by atoms with Gasteiger partial charge in [0.15, 0.2) is 50.3 Å². The Labute approximate surface area is 342 Å². The minimum Gasteiger partial charge on any atom is -0.493 e. The minimum atomic E-state index is -0.750. The molecule has 3 unspecified atom stereocenters. The molecule has 0 saturated heterocycles. The van der Waals surface area contributed by atoms with Gasteiger partial charge in [-0.2, -0.15) is 4.65 Å². The van der Waals surface area contributed by atoms with E-state index < -0.39 is 4.30 Å². The Balaban J connectivity index is 0.000000154. The zero-order chi connectivity index (χ0) is 38.4. The van der Waals surface area contributed by atoms with Gasteiger partial charge in [-0.05, 0) is 77.1 Å². The van der Waals surface area contributed by atoms with Gasteiger partial charge in [-0.1, -0.05) is 54.4 Å². The van der Waals surface area contributed by atoms with Crippen molar-refractivity contribution in [2.75, 3.05) is 55.1 Å². The average Bonchev–Trinajstić information content (AvgIpc) is 3.85. The molecule has 0 amide bonds. The Morgan fingerprint density at radius 2 is 1.20 bits per heavy atom. The van der Waals surface area contributed by atoms with Crippen molar-refractivity contribution in [3.8, 4) is 46.0 Å². The lowest BCUT2D eigenvalue weighted by molar-refractivity contribution is -1.14. The summed E-state index contributed by atoms with van der Waals surface area (Å²) in [5, 5.41) is 11.5. The van der Waals surface area contributed by atoms with Gasteiger partial charge in [0.05, 0.1) is 34.0 Å². The number of quaternary nitrogens is 1. The van der Waals surface area contributed by atoms with E-state index in [1.54, 1.807) is 28.4 Å². The van der Waals surface area contributed by atoms with Crippen molar-refractivity contribution in [2.24, 2.45) is 0 Å². The highest BCUT2D eigenvalue weighted by molar-refractivity contribution is 6.63. The fraction of sp³-hybridized carbons (Fsp3) is 0.429. The molecule has 0 aromatic heterocycles. The maximum atomic E-state index is 11.5. The second-order valence-electron chi connectivity index (χ2n) is 14.2. The Bertz CT molecular complexity index is 2100. The van der Waals surface area contributed by atoms with Crippen LogP contribution in [-0.4, -0.2) is 74.2 Å². The molecule has 11 nitrogen and oxygen atoms in total. The first-order valence-corrected chi connectivity index (χ1v) is 19.5. The van der Waals surface area contributed by atoms with Crippen LogP contribution < -0.4 is 37.9 Å².